The minimum atomic E-state index is -0.432. The van der Waals surface area contributed by atoms with Crippen LogP contribution >= 0.6 is 0 Å². The zero-order valence-corrected chi connectivity index (χ0v) is 13.1. The fourth-order valence-electron chi connectivity index (χ4n) is 3.68. The Labute approximate surface area is 127 Å². The van der Waals surface area contributed by atoms with Gasteiger partial charge in [0.15, 0.2) is 0 Å². The molecule has 1 saturated carbocycles. The minimum Gasteiger partial charge on any atom is -0.491 e. The fourth-order valence-corrected chi connectivity index (χ4v) is 3.68. The van der Waals surface area contributed by atoms with Crippen molar-refractivity contribution >= 4 is 0 Å². The number of hydrogen-bond donors (Lipinski definition) is 1. The average molecular weight is 290 g/mol. The van der Waals surface area contributed by atoms with E-state index in [9.17, 15) is 5.11 Å². The Morgan fingerprint density at radius 3 is 2.76 bits per heavy atom. The van der Waals surface area contributed by atoms with Gasteiger partial charge in [-0.1, -0.05) is 18.9 Å². The van der Waals surface area contributed by atoms with Crippen molar-refractivity contribution in [1.29, 1.82) is 0 Å². The molecule has 0 aromatic heterocycles. The van der Waals surface area contributed by atoms with Crippen LogP contribution in [0.1, 0.15) is 62.7 Å². The van der Waals surface area contributed by atoms with E-state index in [0.29, 0.717) is 6.61 Å². The molecule has 1 aromatic rings. The predicted molar refractivity (Wildman–Crippen MR) is 82.6 cm³/mol. The topological polar surface area (TPSA) is 38.7 Å². The largest absolute Gasteiger partial charge is 0.491 e. The second kappa shape index (κ2) is 5.98. The Kier molecular flexibility index (Phi) is 4.23. The van der Waals surface area contributed by atoms with Gasteiger partial charge in [-0.05, 0) is 62.8 Å². The monoisotopic (exact) mass is 290 g/mol. The molecule has 3 rings (SSSR count). The maximum absolute atomic E-state index is 9.60. The van der Waals surface area contributed by atoms with Crippen molar-refractivity contribution in [2.75, 3.05) is 6.61 Å². The lowest BCUT2D eigenvalue weighted by Gasteiger charge is -2.24. The summed E-state index contributed by atoms with van der Waals surface area (Å²) in [6.07, 6.45) is 7.20. The summed E-state index contributed by atoms with van der Waals surface area (Å²) in [6.45, 7) is 4.44. The van der Waals surface area contributed by atoms with Crippen LogP contribution in [-0.2, 0) is 4.74 Å². The Hall–Kier alpha value is -1.06. The van der Waals surface area contributed by atoms with E-state index in [1.165, 1.54) is 32.1 Å². The molecule has 0 amide bonds. The summed E-state index contributed by atoms with van der Waals surface area (Å²) in [5.41, 5.74) is 2.18. The van der Waals surface area contributed by atoms with Crippen molar-refractivity contribution in [3.63, 3.8) is 0 Å². The lowest BCUT2D eigenvalue weighted by atomic mass is 9.98. The van der Waals surface area contributed by atoms with Crippen LogP contribution in [-0.4, -0.2) is 23.4 Å². The van der Waals surface area contributed by atoms with Gasteiger partial charge in [0, 0.05) is 0 Å². The van der Waals surface area contributed by atoms with Crippen molar-refractivity contribution in [2.45, 2.75) is 70.2 Å². The predicted octanol–water partition coefficient (Wildman–Crippen LogP) is 3.92. The maximum Gasteiger partial charge on any atom is 0.122 e. The number of aliphatic hydroxyl groups excluding tert-OH is 1. The van der Waals surface area contributed by atoms with Crippen molar-refractivity contribution < 1.29 is 14.6 Å². The third kappa shape index (κ3) is 3.24. The molecular weight excluding hydrogens is 264 g/mol. The second-order valence-electron chi connectivity index (χ2n) is 6.68. The van der Waals surface area contributed by atoms with E-state index in [2.05, 4.69) is 0 Å². The molecule has 2 aliphatic rings. The van der Waals surface area contributed by atoms with Crippen LogP contribution < -0.4 is 4.74 Å². The van der Waals surface area contributed by atoms with Gasteiger partial charge in [0.05, 0.1) is 17.8 Å². The molecule has 3 heteroatoms. The Morgan fingerprint density at radius 1 is 1.33 bits per heavy atom. The zero-order chi connectivity index (χ0) is 14.9. The second-order valence-corrected chi connectivity index (χ2v) is 6.68. The summed E-state index contributed by atoms with van der Waals surface area (Å²) in [5, 5.41) is 9.60. The summed E-state index contributed by atoms with van der Waals surface area (Å²) in [5.74, 6) is 0.898. The molecular formula is C18H26O3. The van der Waals surface area contributed by atoms with Crippen LogP contribution in [0.5, 0.6) is 5.75 Å². The number of rotatable bonds is 4. The lowest BCUT2D eigenvalue weighted by molar-refractivity contribution is -0.0509. The molecule has 1 spiro atoms. The van der Waals surface area contributed by atoms with Crippen LogP contribution in [0, 0.1) is 6.92 Å². The molecule has 1 aliphatic heterocycles. The number of aryl methyl sites for hydroxylation is 1. The summed E-state index contributed by atoms with van der Waals surface area (Å²) in [7, 11) is 0. The van der Waals surface area contributed by atoms with Gasteiger partial charge < -0.3 is 14.6 Å². The van der Waals surface area contributed by atoms with Crippen LogP contribution in [0.15, 0.2) is 18.2 Å². The molecule has 0 radical (unpaired) electrons. The molecule has 0 bridgehead atoms. The van der Waals surface area contributed by atoms with Gasteiger partial charge in [0.2, 0.25) is 0 Å². The van der Waals surface area contributed by atoms with E-state index in [1.807, 2.05) is 25.1 Å². The Morgan fingerprint density at radius 2 is 2.10 bits per heavy atom. The third-order valence-corrected chi connectivity index (χ3v) is 4.96. The smallest absolute Gasteiger partial charge is 0.122 e. The van der Waals surface area contributed by atoms with E-state index in [1.54, 1.807) is 6.92 Å². The van der Waals surface area contributed by atoms with Gasteiger partial charge in [0.1, 0.15) is 12.4 Å². The molecule has 1 N–H and O–H groups in total. The molecule has 1 saturated heterocycles. The van der Waals surface area contributed by atoms with E-state index in [-0.39, 0.29) is 11.7 Å². The molecule has 2 atom stereocenters. The van der Waals surface area contributed by atoms with E-state index in [4.69, 9.17) is 9.47 Å². The minimum absolute atomic E-state index is 0.180. The Bertz CT molecular complexity index is 489. The number of hydrogen-bond acceptors (Lipinski definition) is 3. The number of aliphatic hydroxyl groups is 1. The molecule has 21 heavy (non-hydrogen) atoms. The SMILES string of the molecule is Cc1cc([C@@H](C)O)ccc1OCC1CCC2(CCCC2)O1. The average Bonchev–Trinajstić information content (AvgIpc) is 3.08. The third-order valence-electron chi connectivity index (χ3n) is 4.96. The molecule has 1 heterocycles. The first-order chi connectivity index (χ1) is 10.1. The van der Waals surface area contributed by atoms with E-state index < -0.39 is 6.10 Å². The van der Waals surface area contributed by atoms with Gasteiger partial charge >= 0.3 is 0 Å². The van der Waals surface area contributed by atoms with Crippen molar-refractivity contribution in [3.8, 4) is 5.75 Å². The normalized spacial score (nSPS) is 25.4. The van der Waals surface area contributed by atoms with Crippen LogP contribution in [0.2, 0.25) is 0 Å². The summed E-state index contributed by atoms with van der Waals surface area (Å²) < 4.78 is 12.2. The molecule has 3 nitrogen and oxygen atoms in total. The van der Waals surface area contributed by atoms with Gasteiger partial charge in [-0.3, -0.25) is 0 Å². The molecule has 2 fully saturated rings. The highest BCUT2D eigenvalue weighted by molar-refractivity contribution is 5.36. The van der Waals surface area contributed by atoms with Gasteiger partial charge in [-0.25, -0.2) is 0 Å². The Balaban J connectivity index is 1.56. The van der Waals surface area contributed by atoms with Gasteiger partial charge in [0.25, 0.3) is 0 Å². The first-order valence-electron chi connectivity index (χ1n) is 8.17. The summed E-state index contributed by atoms with van der Waals surface area (Å²) >= 11 is 0. The standard InChI is InChI=1S/C18H26O3/c1-13-11-15(14(2)19)5-6-17(13)20-12-16-7-10-18(21-16)8-3-4-9-18/h5-6,11,14,16,19H,3-4,7-10,12H2,1-2H3/t14-,16?/m1/s1. The maximum atomic E-state index is 9.60. The molecule has 1 unspecified atom stereocenters. The molecule has 1 aromatic carbocycles. The molecule has 1 aliphatic carbocycles. The van der Waals surface area contributed by atoms with Gasteiger partial charge in [-0.15, -0.1) is 0 Å². The summed E-state index contributed by atoms with van der Waals surface area (Å²) in [6, 6.07) is 5.88. The van der Waals surface area contributed by atoms with Gasteiger partial charge in [-0.2, -0.15) is 0 Å². The molecule has 116 valence electrons. The highest BCUT2D eigenvalue weighted by atomic mass is 16.6. The number of benzene rings is 1. The van der Waals surface area contributed by atoms with Crippen LogP contribution in [0.25, 0.3) is 0 Å². The highest BCUT2D eigenvalue weighted by Crippen LogP contribution is 2.43. The zero-order valence-electron chi connectivity index (χ0n) is 13.1. The van der Waals surface area contributed by atoms with E-state index >= 15 is 0 Å². The van der Waals surface area contributed by atoms with Crippen LogP contribution in [0.4, 0.5) is 0 Å². The van der Waals surface area contributed by atoms with Crippen LogP contribution in [0.3, 0.4) is 0 Å². The quantitative estimate of drug-likeness (QED) is 0.913. The summed E-state index contributed by atoms with van der Waals surface area (Å²) in [4.78, 5) is 0. The van der Waals surface area contributed by atoms with Crippen molar-refractivity contribution in [1.82, 2.24) is 0 Å². The van der Waals surface area contributed by atoms with E-state index in [0.717, 1.165) is 23.3 Å². The van der Waals surface area contributed by atoms with Crippen molar-refractivity contribution in [2.24, 2.45) is 0 Å². The highest BCUT2D eigenvalue weighted by Gasteiger charge is 2.42. The first kappa shape index (κ1) is 14.9. The number of ether oxygens (including phenoxy) is 2. The fraction of sp³-hybridized carbons (Fsp3) is 0.667. The lowest BCUT2D eigenvalue weighted by Crippen LogP contribution is -2.27. The first-order valence-corrected chi connectivity index (χ1v) is 8.17. The van der Waals surface area contributed by atoms with Crippen molar-refractivity contribution in [3.05, 3.63) is 29.3 Å².